The molecule has 1 saturated carbocycles. The fourth-order valence-corrected chi connectivity index (χ4v) is 6.86. The van der Waals surface area contributed by atoms with Crippen LogP contribution >= 0.6 is 0 Å². The lowest BCUT2D eigenvalue weighted by molar-refractivity contribution is 0.0496. The highest BCUT2D eigenvalue weighted by Crippen LogP contribution is 2.42. The van der Waals surface area contributed by atoms with E-state index in [0.717, 1.165) is 56.4 Å². The van der Waals surface area contributed by atoms with Gasteiger partial charge in [0, 0.05) is 50.9 Å². The van der Waals surface area contributed by atoms with E-state index in [9.17, 15) is 14.7 Å². The van der Waals surface area contributed by atoms with Crippen molar-refractivity contribution in [2.75, 3.05) is 39.8 Å². The summed E-state index contributed by atoms with van der Waals surface area (Å²) in [7, 11) is 1.95. The van der Waals surface area contributed by atoms with Crippen LogP contribution in [0.5, 0.6) is 0 Å². The third-order valence-electron chi connectivity index (χ3n) is 9.34. The first-order valence-electron chi connectivity index (χ1n) is 15.6. The van der Waals surface area contributed by atoms with Gasteiger partial charge in [-0.3, -0.25) is 4.79 Å². The number of ether oxygens (including phenoxy) is 1. The molecule has 0 aromatic heterocycles. The average Bonchev–Trinajstić information content (AvgIpc) is 3.47. The van der Waals surface area contributed by atoms with Crippen LogP contribution < -0.4 is 0 Å². The molecular weight excluding hydrogens is 538 g/mol. The van der Waals surface area contributed by atoms with Gasteiger partial charge in [0.25, 0.3) is 5.91 Å². The number of nitrogens with zero attached hydrogens (tertiary/aromatic N) is 3. The molecule has 3 aromatic carbocycles. The van der Waals surface area contributed by atoms with E-state index in [1.54, 1.807) is 4.90 Å². The molecule has 1 heterocycles. The van der Waals surface area contributed by atoms with Crippen molar-refractivity contribution in [1.29, 1.82) is 0 Å². The second kappa shape index (κ2) is 14.7. The highest BCUT2D eigenvalue weighted by Gasteiger charge is 2.40. The molecule has 5 rings (SSSR count). The SMILES string of the molecule is Cc1ccc(COC(=O)N(CCO)C2CCN(C[C@H]3CC(N(C)C(=O)c4ccccc4)C[C@@H]3c3ccccc3)CC2)cc1. The van der Waals surface area contributed by atoms with Crippen LogP contribution in [-0.2, 0) is 11.3 Å². The fourth-order valence-electron chi connectivity index (χ4n) is 6.86. The van der Waals surface area contributed by atoms with Crippen molar-refractivity contribution in [3.63, 3.8) is 0 Å². The Hall–Kier alpha value is -3.68. The maximum absolute atomic E-state index is 13.3. The predicted octanol–water partition coefficient (Wildman–Crippen LogP) is 5.72. The molecule has 0 spiro atoms. The van der Waals surface area contributed by atoms with Crippen molar-refractivity contribution in [1.82, 2.24) is 14.7 Å². The molecule has 0 bridgehead atoms. The molecule has 2 fully saturated rings. The van der Waals surface area contributed by atoms with Crippen LogP contribution in [0.25, 0.3) is 0 Å². The molecule has 0 radical (unpaired) electrons. The lowest BCUT2D eigenvalue weighted by atomic mass is 9.88. The van der Waals surface area contributed by atoms with Crippen molar-refractivity contribution in [2.24, 2.45) is 5.92 Å². The minimum atomic E-state index is -0.359. The van der Waals surface area contributed by atoms with Crippen LogP contribution in [0.1, 0.15) is 58.6 Å². The molecule has 1 N–H and O–H groups in total. The summed E-state index contributed by atoms with van der Waals surface area (Å²) < 4.78 is 5.65. The zero-order valence-corrected chi connectivity index (χ0v) is 25.5. The number of rotatable bonds is 10. The maximum Gasteiger partial charge on any atom is 0.410 e. The minimum Gasteiger partial charge on any atom is -0.445 e. The molecule has 2 aliphatic rings. The lowest BCUT2D eigenvalue weighted by Crippen LogP contribution is -2.49. The number of carbonyl (C=O) groups excluding carboxylic acids is 2. The molecule has 3 atom stereocenters. The van der Waals surface area contributed by atoms with Crippen LogP contribution in [-0.4, -0.2) is 83.7 Å². The number of hydrogen-bond acceptors (Lipinski definition) is 5. The number of piperidine rings is 1. The Morgan fingerprint density at radius 3 is 2.19 bits per heavy atom. The topological polar surface area (TPSA) is 73.3 Å². The summed E-state index contributed by atoms with van der Waals surface area (Å²) in [5.74, 6) is 0.901. The average molecular weight is 584 g/mol. The zero-order valence-electron chi connectivity index (χ0n) is 25.5. The van der Waals surface area contributed by atoms with Gasteiger partial charge < -0.3 is 24.5 Å². The third kappa shape index (κ3) is 7.84. The van der Waals surface area contributed by atoms with Crippen LogP contribution in [0.15, 0.2) is 84.9 Å². The fraction of sp³-hybridized carbons (Fsp3) is 0.444. The number of benzene rings is 3. The highest BCUT2D eigenvalue weighted by molar-refractivity contribution is 5.94. The molecule has 2 amide bonds. The molecule has 3 aromatic rings. The van der Waals surface area contributed by atoms with Crippen LogP contribution in [0.3, 0.4) is 0 Å². The number of aliphatic hydroxyl groups is 1. The number of hydrogen-bond donors (Lipinski definition) is 1. The number of aryl methyl sites for hydroxylation is 1. The summed E-state index contributed by atoms with van der Waals surface area (Å²) in [4.78, 5) is 32.5. The maximum atomic E-state index is 13.3. The van der Waals surface area contributed by atoms with E-state index in [-0.39, 0.29) is 43.8 Å². The zero-order chi connectivity index (χ0) is 30.2. The van der Waals surface area contributed by atoms with Crippen LogP contribution in [0, 0.1) is 12.8 Å². The lowest BCUT2D eigenvalue weighted by Gasteiger charge is -2.39. The Kier molecular flexibility index (Phi) is 10.5. The molecule has 1 aliphatic carbocycles. The normalized spacial score (nSPS) is 21.0. The number of aliphatic hydroxyl groups excluding tert-OH is 1. The Morgan fingerprint density at radius 1 is 0.884 bits per heavy atom. The summed E-state index contributed by atoms with van der Waals surface area (Å²) in [6.45, 7) is 5.19. The van der Waals surface area contributed by atoms with E-state index in [2.05, 4.69) is 35.2 Å². The summed E-state index contributed by atoms with van der Waals surface area (Å²) in [6, 6.07) is 28.5. The van der Waals surface area contributed by atoms with Gasteiger partial charge >= 0.3 is 6.09 Å². The molecule has 7 heteroatoms. The summed E-state index contributed by atoms with van der Waals surface area (Å²) in [6.07, 6.45) is 3.26. The first-order valence-corrected chi connectivity index (χ1v) is 15.6. The van der Waals surface area contributed by atoms with Crippen LogP contribution in [0.4, 0.5) is 4.79 Å². The molecule has 1 saturated heterocycles. The van der Waals surface area contributed by atoms with Gasteiger partial charge in [0.1, 0.15) is 6.61 Å². The first kappa shape index (κ1) is 30.8. The van der Waals surface area contributed by atoms with E-state index in [4.69, 9.17) is 4.74 Å². The van der Waals surface area contributed by atoms with E-state index in [0.29, 0.717) is 11.8 Å². The molecule has 1 aliphatic heterocycles. The van der Waals surface area contributed by atoms with Gasteiger partial charge in [-0.05, 0) is 67.7 Å². The second-order valence-electron chi connectivity index (χ2n) is 12.2. The molecule has 1 unspecified atom stereocenters. The summed E-state index contributed by atoms with van der Waals surface area (Å²) in [5.41, 5.74) is 4.20. The molecule has 7 nitrogen and oxygen atoms in total. The first-order chi connectivity index (χ1) is 20.9. The van der Waals surface area contributed by atoms with Gasteiger partial charge in [-0.15, -0.1) is 0 Å². The van der Waals surface area contributed by atoms with Crippen molar-refractivity contribution in [3.05, 3.63) is 107 Å². The van der Waals surface area contributed by atoms with Crippen LogP contribution in [0.2, 0.25) is 0 Å². The largest absolute Gasteiger partial charge is 0.445 e. The summed E-state index contributed by atoms with van der Waals surface area (Å²) >= 11 is 0. The molecule has 228 valence electrons. The Balaban J connectivity index is 1.19. The van der Waals surface area contributed by atoms with E-state index in [1.165, 1.54) is 11.1 Å². The number of carbonyl (C=O) groups is 2. The highest BCUT2D eigenvalue weighted by atomic mass is 16.6. The van der Waals surface area contributed by atoms with Gasteiger partial charge in [0.15, 0.2) is 0 Å². The van der Waals surface area contributed by atoms with Crippen molar-refractivity contribution in [3.8, 4) is 0 Å². The summed E-state index contributed by atoms with van der Waals surface area (Å²) in [5, 5.41) is 9.70. The Labute approximate surface area is 256 Å². The molecular formula is C36H45N3O4. The van der Waals surface area contributed by atoms with Gasteiger partial charge in [-0.1, -0.05) is 78.4 Å². The van der Waals surface area contributed by atoms with Gasteiger partial charge in [-0.2, -0.15) is 0 Å². The van der Waals surface area contributed by atoms with Gasteiger partial charge in [0.05, 0.1) is 6.61 Å². The van der Waals surface area contributed by atoms with Crippen molar-refractivity contribution >= 4 is 12.0 Å². The standard InChI is InChI=1S/C36H45N3O4/c1-27-13-15-28(16-14-27)26-43-36(42)39(21-22-40)32-17-19-38(20-18-32)25-31-23-33(24-34(31)29-9-5-3-6-10-29)37(2)35(41)30-11-7-4-8-12-30/h3-16,31-34,40H,17-26H2,1-2H3/t31-,33?,34-/m1/s1. The van der Waals surface area contributed by atoms with Crippen molar-refractivity contribution in [2.45, 2.75) is 57.2 Å². The monoisotopic (exact) mass is 583 g/mol. The van der Waals surface area contributed by atoms with Gasteiger partial charge in [0.2, 0.25) is 0 Å². The smallest absolute Gasteiger partial charge is 0.410 e. The minimum absolute atomic E-state index is 0.0461. The van der Waals surface area contributed by atoms with Gasteiger partial charge in [-0.25, -0.2) is 4.79 Å². The van der Waals surface area contributed by atoms with Crippen molar-refractivity contribution < 1.29 is 19.4 Å². The predicted molar refractivity (Wildman–Crippen MR) is 169 cm³/mol. The number of likely N-dealkylation sites (tertiary alicyclic amines) is 1. The Bertz CT molecular complexity index is 1310. The second-order valence-corrected chi connectivity index (χ2v) is 12.2. The quantitative estimate of drug-likeness (QED) is 0.330. The van der Waals surface area contributed by atoms with E-state index < -0.39 is 0 Å². The van der Waals surface area contributed by atoms with E-state index in [1.807, 2.05) is 73.5 Å². The Morgan fingerprint density at radius 2 is 1.53 bits per heavy atom. The third-order valence-corrected chi connectivity index (χ3v) is 9.34. The van der Waals surface area contributed by atoms with E-state index >= 15 is 0 Å². The number of amides is 2. The molecule has 43 heavy (non-hydrogen) atoms.